The maximum atomic E-state index is 5.95. The largest absolute Gasteiger partial charge is 0.369 e. The van der Waals surface area contributed by atoms with Crippen LogP contribution in [0.2, 0.25) is 5.02 Å². The number of nitrogens with one attached hydrogen (secondary N) is 1. The number of rotatable bonds is 3. The number of nitrogens with zero attached hydrogens (tertiary/aromatic N) is 2. The summed E-state index contributed by atoms with van der Waals surface area (Å²) in [4.78, 5) is 5.06. The second kappa shape index (κ2) is 6.33. The number of halogens is 1. The molecule has 0 aliphatic carbocycles. The fraction of sp³-hybridized carbons (Fsp3) is 0.625. The van der Waals surface area contributed by atoms with Gasteiger partial charge < -0.3 is 10.2 Å². The van der Waals surface area contributed by atoms with E-state index in [1.54, 1.807) is 0 Å². The van der Waals surface area contributed by atoms with Crippen LogP contribution in [-0.4, -0.2) is 50.2 Å². The van der Waals surface area contributed by atoms with Crippen LogP contribution in [0.25, 0.3) is 0 Å². The number of hydrogen-bond acceptors (Lipinski definition) is 3. The predicted octanol–water partition coefficient (Wildman–Crippen LogP) is 2.46. The summed E-state index contributed by atoms with van der Waals surface area (Å²) in [6, 6.07) is 8.90. The van der Waals surface area contributed by atoms with E-state index < -0.39 is 0 Å². The van der Waals surface area contributed by atoms with Crippen molar-refractivity contribution in [3.05, 3.63) is 29.3 Å². The van der Waals surface area contributed by atoms with Crippen LogP contribution < -0.4 is 10.2 Å². The Morgan fingerprint density at radius 3 is 2.45 bits per heavy atom. The zero-order chi connectivity index (χ0) is 13.9. The van der Waals surface area contributed by atoms with Gasteiger partial charge in [0.25, 0.3) is 0 Å². The van der Waals surface area contributed by atoms with Crippen molar-refractivity contribution in [2.75, 3.05) is 44.2 Å². The van der Waals surface area contributed by atoms with E-state index in [1.165, 1.54) is 25.2 Å². The summed E-state index contributed by atoms with van der Waals surface area (Å²) in [6.07, 6.45) is 1.33. The van der Waals surface area contributed by atoms with E-state index in [1.807, 2.05) is 12.1 Å². The maximum absolute atomic E-state index is 5.95. The molecule has 0 aromatic heterocycles. The summed E-state index contributed by atoms with van der Waals surface area (Å²) in [6.45, 7) is 9.31. The molecule has 0 spiro atoms. The van der Waals surface area contributed by atoms with Crippen molar-refractivity contribution in [1.29, 1.82) is 0 Å². The van der Waals surface area contributed by atoms with Gasteiger partial charge in [-0.05, 0) is 43.1 Å². The van der Waals surface area contributed by atoms with Crippen LogP contribution >= 0.6 is 11.6 Å². The highest BCUT2D eigenvalue weighted by Crippen LogP contribution is 2.20. The molecule has 1 aromatic carbocycles. The monoisotopic (exact) mass is 293 g/mol. The van der Waals surface area contributed by atoms with E-state index in [-0.39, 0.29) is 0 Å². The molecule has 2 heterocycles. The van der Waals surface area contributed by atoms with Crippen LogP contribution in [-0.2, 0) is 0 Å². The lowest BCUT2D eigenvalue weighted by molar-refractivity contribution is 0.222. The van der Waals surface area contributed by atoms with E-state index in [2.05, 4.69) is 34.2 Å². The lowest BCUT2D eigenvalue weighted by Crippen LogP contribution is -2.50. The SMILES string of the molecule is CC1CCNC1CN1CCN(c2ccc(Cl)cc2)CC1. The molecule has 0 radical (unpaired) electrons. The second-order valence-electron chi connectivity index (χ2n) is 6.09. The van der Waals surface area contributed by atoms with Crippen LogP contribution in [0.3, 0.4) is 0 Å². The van der Waals surface area contributed by atoms with E-state index in [4.69, 9.17) is 11.6 Å². The third-order valence-corrected chi connectivity index (χ3v) is 4.96. The first-order chi connectivity index (χ1) is 9.72. The molecular formula is C16H24ClN3. The van der Waals surface area contributed by atoms with E-state index >= 15 is 0 Å². The normalized spacial score (nSPS) is 28.0. The van der Waals surface area contributed by atoms with E-state index in [9.17, 15) is 0 Å². The lowest BCUT2D eigenvalue weighted by Gasteiger charge is -2.37. The molecule has 0 bridgehead atoms. The molecule has 20 heavy (non-hydrogen) atoms. The standard InChI is InChI=1S/C16H24ClN3/c1-13-6-7-18-16(13)12-19-8-10-20(11-9-19)15-4-2-14(17)3-5-15/h2-5,13,16,18H,6-12H2,1H3. The Balaban J connectivity index is 1.50. The van der Waals surface area contributed by atoms with Crippen LogP contribution in [0.1, 0.15) is 13.3 Å². The summed E-state index contributed by atoms with van der Waals surface area (Å²) in [5.74, 6) is 0.823. The van der Waals surface area contributed by atoms with Gasteiger partial charge in [-0.25, -0.2) is 0 Å². The van der Waals surface area contributed by atoms with E-state index in [0.717, 1.165) is 37.1 Å². The molecule has 110 valence electrons. The Labute approximate surface area is 126 Å². The predicted molar refractivity (Wildman–Crippen MR) is 85.7 cm³/mol. The first-order valence-corrected chi connectivity index (χ1v) is 8.06. The Morgan fingerprint density at radius 1 is 1.15 bits per heavy atom. The van der Waals surface area contributed by atoms with Gasteiger partial charge in [0.15, 0.2) is 0 Å². The van der Waals surface area contributed by atoms with Crippen molar-refractivity contribution >= 4 is 17.3 Å². The van der Waals surface area contributed by atoms with Crippen molar-refractivity contribution in [1.82, 2.24) is 10.2 Å². The summed E-state index contributed by atoms with van der Waals surface area (Å²) in [5, 5.41) is 4.45. The van der Waals surface area contributed by atoms with Crippen LogP contribution in [0.15, 0.2) is 24.3 Å². The van der Waals surface area contributed by atoms with Crippen LogP contribution in [0.4, 0.5) is 5.69 Å². The zero-order valence-corrected chi connectivity index (χ0v) is 12.9. The smallest absolute Gasteiger partial charge is 0.0407 e. The highest BCUT2D eigenvalue weighted by molar-refractivity contribution is 6.30. The van der Waals surface area contributed by atoms with Gasteiger partial charge in [0.2, 0.25) is 0 Å². The number of anilines is 1. The number of hydrogen-bond donors (Lipinski definition) is 1. The van der Waals surface area contributed by atoms with Gasteiger partial charge in [-0.3, -0.25) is 4.90 Å². The molecule has 2 fully saturated rings. The molecule has 1 N–H and O–H groups in total. The molecule has 2 unspecified atom stereocenters. The second-order valence-corrected chi connectivity index (χ2v) is 6.53. The summed E-state index contributed by atoms with van der Waals surface area (Å²) in [5.41, 5.74) is 1.29. The third-order valence-electron chi connectivity index (χ3n) is 4.71. The molecule has 3 nitrogen and oxygen atoms in total. The highest BCUT2D eigenvalue weighted by atomic mass is 35.5. The molecule has 4 heteroatoms. The Kier molecular flexibility index (Phi) is 4.49. The zero-order valence-electron chi connectivity index (χ0n) is 12.2. The van der Waals surface area contributed by atoms with Crippen molar-refractivity contribution in [3.63, 3.8) is 0 Å². The third kappa shape index (κ3) is 3.27. The minimum atomic E-state index is 0.692. The first kappa shape index (κ1) is 14.2. The van der Waals surface area contributed by atoms with E-state index in [0.29, 0.717) is 6.04 Å². The summed E-state index contributed by atoms with van der Waals surface area (Å²) in [7, 11) is 0. The fourth-order valence-corrected chi connectivity index (χ4v) is 3.39. The van der Waals surface area contributed by atoms with Crippen LogP contribution in [0.5, 0.6) is 0 Å². The highest BCUT2D eigenvalue weighted by Gasteiger charge is 2.26. The average molecular weight is 294 g/mol. The fourth-order valence-electron chi connectivity index (χ4n) is 3.26. The summed E-state index contributed by atoms with van der Waals surface area (Å²) >= 11 is 5.95. The first-order valence-electron chi connectivity index (χ1n) is 7.68. The summed E-state index contributed by atoms with van der Waals surface area (Å²) < 4.78 is 0. The molecule has 2 aliphatic rings. The minimum absolute atomic E-state index is 0.692. The number of benzene rings is 1. The molecule has 2 saturated heterocycles. The van der Waals surface area contributed by atoms with Crippen molar-refractivity contribution in [2.45, 2.75) is 19.4 Å². The molecule has 0 saturated carbocycles. The van der Waals surface area contributed by atoms with Crippen molar-refractivity contribution < 1.29 is 0 Å². The Morgan fingerprint density at radius 2 is 1.85 bits per heavy atom. The molecule has 3 rings (SSSR count). The van der Waals surface area contributed by atoms with Gasteiger partial charge in [-0.1, -0.05) is 18.5 Å². The van der Waals surface area contributed by atoms with Crippen molar-refractivity contribution in [2.24, 2.45) is 5.92 Å². The Bertz CT molecular complexity index is 426. The molecule has 2 atom stereocenters. The quantitative estimate of drug-likeness (QED) is 0.924. The lowest BCUT2D eigenvalue weighted by atomic mass is 10.0. The topological polar surface area (TPSA) is 18.5 Å². The Hall–Kier alpha value is -0.770. The molecule has 1 aromatic rings. The number of piperazine rings is 1. The molecule has 0 amide bonds. The minimum Gasteiger partial charge on any atom is -0.369 e. The average Bonchev–Trinajstić information content (AvgIpc) is 2.86. The van der Waals surface area contributed by atoms with Gasteiger partial charge >= 0.3 is 0 Å². The van der Waals surface area contributed by atoms with Crippen LogP contribution in [0, 0.1) is 5.92 Å². The molecular weight excluding hydrogens is 270 g/mol. The van der Waals surface area contributed by atoms with Crippen molar-refractivity contribution in [3.8, 4) is 0 Å². The molecule has 2 aliphatic heterocycles. The van der Waals surface area contributed by atoms with Gasteiger partial charge in [0.05, 0.1) is 0 Å². The van der Waals surface area contributed by atoms with Gasteiger partial charge in [-0.15, -0.1) is 0 Å². The van der Waals surface area contributed by atoms with Gasteiger partial charge in [0.1, 0.15) is 0 Å². The maximum Gasteiger partial charge on any atom is 0.0407 e. The van der Waals surface area contributed by atoms with Gasteiger partial charge in [0, 0.05) is 49.5 Å². The van der Waals surface area contributed by atoms with Gasteiger partial charge in [-0.2, -0.15) is 0 Å².